The van der Waals surface area contributed by atoms with Gasteiger partial charge in [-0.3, -0.25) is 10.1 Å². The van der Waals surface area contributed by atoms with Crippen molar-refractivity contribution in [3.63, 3.8) is 0 Å². The third-order valence-corrected chi connectivity index (χ3v) is 5.75. The van der Waals surface area contributed by atoms with Crippen LogP contribution >= 0.6 is 11.6 Å². The quantitative estimate of drug-likeness (QED) is 0.181. The molecule has 38 heavy (non-hydrogen) atoms. The summed E-state index contributed by atoms with van der Waals surface area (Å²) in [6.07, 6.45) is 1.42. The fraction of sp³-hybridized carbons (Fsp3) is 0.167. The highest BCUT2D eigenvalue weighted by Gasteiger charge is 2.17. The summed E-state index contributed by atoms with van der Waals surface area (Å²) in [5.74, 6) is 1.28. The maximum absolute atomic E-state index is 13.3. The minimum absolute atomic E-state index is 0.0402. The molecule has 12 nitrogen and oxygen atoms in total. The van der Waals surface area contributed by atoms with Crippen molar-refractivity contribution in [1.82, 2.24) is 15.0 Å². The van der Waals surface area contributed by atoms with E-state index in [4.69, 9.17) is 20.8 Å². The Bertz CT molecular complexity index is 1470. The largest absolute Gasteiger partial charge is 0.455 e. The number of anilines is 4. The molecule has 4 aromatic rings. The Balaban J connectivity index is 1.34. The van der Waals surface area contributed by atoms with Gasteiger partial charge >= 0.3 is 0 Å². The number of rotatable bonds is 8. The molecule has 0 aliphatic carbocycles. The molecule has 0 bridgehead atoms. The number of benzene rings is 2. The van der Waals surface area contributed by atoms with E-state index in [2.05, 4.69) is 30.8 Å². The minimum Gasteiger partial charge on any atom is -0.455 e. The summed E-state index contributed by atoms with van der Waals surface area (Å²) in [6, 6.07) is 13.5. The van der Waals surface area contributed by atoms with Crippen LogP contribution in [0.3, 0.4) is 0 Å². The van der Waals surface area contributed by atoms with Gasteiger partial charge in [-0.25, -0.2) is 9.82 Å². The SMILES string of the molecule is O=[N+]([O-])c1cc(-c2ccc(/C=N/Nc3nc(Nc4ccc(F)cc4)nc(N4CCOCC4)n3)o2)ccc1Cl. The molecule has 2 aromatic carbocycles. The molecule has 1 aliphatic heterocycles. The Morgan fingerprint density at radius 2 is 1.82 bits per heavy atom. The van der Waals surface area contributed by atoms with Crippen molar-refractivity contribution in [1.29, 1.82) is 0 Å². The first-order valence-electron chi connectivity index (χ1n) is 11.4. The van der Waals surface area contributed by atoms with Crippen LogP contribution in [0.1, 0.15) is 5.76 Å². The zero-order valence-electron chi connectivity index (χ0n) is 19.7. The Hall–Kier alpha value is -4.62. The normalized spacial score (nSPS) is 13.6. The zero-order chi connectivity index (χ0) is 26.5. The van der Waals surface area contributed by atoms with Crippen LogP contribution in [-0.4, -0.2) is 52.4 Å². The Labute approximate surface area is 220 Å². The second-order valence-electron chi connectivity index (χ2n) is 8.01. The van der Waals surface area contributed by atoms with Crippen molar-refractivity contribution in [2.24, 2.45) is 5.10 Å². The third kappa shape index (κ3) is 6.02. The van der Waals surface area contributed by atoms with Gasteiger partial charge in [-0.2, -0.15) is 20.1 Å². The number of nitro groups is 1. The molecule has 1 saturated heterocycles. The van der Waals surface area contributed by atoms with Gasteiger partial charge in [0.15, 0.2) is 0 Å². The average molecular weight is 539 g/mol. The van der Waals surface area contributed by atoms with Crippen LogP contribution in [0.2, 0.25) is 5.02 Å². The van der Waals surface area contributed by atoms with Crippen molar-refractivity contribution in [3.8, 4) is 11.3 Å². The van der Waals surface area contributed by atoms with Gasteiger partial charge in [0.05, 0.1) is 24.4 Å². The number of ether oxygens (including phenoxy) is 1. The maximum atomic E-state index is 13.3. The first-order chi connectivity index (χ1) is 18.4. The topological polar surface area (TPSA) is 144 Å². The van der Waals surface area contributed by atoms with Gasteiger partial charge in [-0.1, -0.05) is 11.6 Å². The maximum Gasteiger partial charge on any atom is 0.288 e. The van der Waals surface area contributed by atoms with Crippen molar-refractivity contribution in [2.45, 2.75) is 0 Å². The molecule has 0 saturated carbocycles. The second-order valence-corrected chi connectivity index (χ2v) is 8.42. The number of nitrogens with one attached hydrogen (secondary N) is 2. The number of furan rings is 1. The number of halogens is 2. The average Bonchev–Trinajstić information content (AvgIpc) is 3.39. The number of hydrogen-bond acceptors (Lipinski definition) is 11. The van der Waals surface area contributed by atoms with E-state index in [0.29, 0.717) is 55.0 Å². The van der Waals surface area contributed by atoms with Gasteiger partial charge < -0.3 is 19.4 Å². The highest BCUT2D eigenvalue weighted by Crippen LogP contribution is 2.31. The summed E-state index contributed by atoms with van der Waals surface area (Å²) < 4.78 is 24.4. The van der Waals surface area contributed by atoms with E-state index in [0.717, 1.165) is 0 Å². The second kappa shape index (κ2) is 11.2. The first kappa shape index (κ1) is 25.0. The Morgan fingerprint density at radius 3 is 2.58 bits per heavy atom. The minimum atomic E-state index is -0.555. The summed E-state index contributed by atoms with van der Waals surface area (Å²) >= 11 is 5.89. The lowest BCUT2D eigenvalue weighted by molar-refractivity contribution is -0.384. The van der Waals surface area contributed by atoms with Gasteiger partial charge in [-0.05, 0) is 48.5 Å². The molecule has 2 aromatic heterocycles. The zero-order valence-corrected chi connectivity index (χ0v) is 20.4. The van der Waals surface area contributed by atoms with Crippen molar-refractivity contribution in [2.75, 3.05) is 41.9 Å². The van der Waals surface area contributed by atoms with Crippen LogP contribution in [-0.2, 0) is 4.74 Å². The summed E-state index contributed by atoms with van der Waals surface area (Å²) in [5.41, 5.74) is 3.66. The molecule has 0 unspecified atom stereocenters. The molecular formula is C24H20ClFN8O4. The van der Waals surface area contributed by atoms with Crippen LogP contribution in [0.15, 0.2) is 64.1 Å². The number of hydrogen-bond donors (Lipinski definition) is 2. The lowest BCUT2D eigenvalue weighted by Gasteiger charge is -2.27. The number of hydrazone groups is 1. The summed E-state index contributed by atoms with van der Waals surface area (Å²) in [4.78, 5) is 25.8. The number of nitro benzene ring substituents is 1. The highest BCUT2D eigenvalue weighted by atomic mass is 35.5. The molecule has 2 N–H and O–H groups in total. The third-order valence-electron chi connectivity index (χ3n) is 5.43. The standard InChI is InChI=1S/C24H20ClFN8O4/c25-19-7-1-15(13-20(19)34(35)36)21-8-6-18(38-21)14-27-32-23-29-22(28-17-4-2-16(26)3-5-17)30-24(31-23)33-9-11-37-12-10-33/h1-8,13-14H,9-12H2,(H2,28,29,30,31,32)/b27-14+. The monoisotopic (exact) mass is 538 g/mol. The molecule has 1 aliphatic rings. The fourth-order valence-corrected chi connectivity index (χ4v) is 3.76. The Morgan fingerprint density at radius 1 is 1.05 bits per heavy atom. The van der Waals surface area contributed by atoms with Crippen LogP contribution in [0.25, 0.3) is 11.3 Å². The summed E-state index contributed by atoms with van der Waals surface area (Å²) in [5, 5.41) is 18.4. The molecule has 0 radical (unpaired) electrons. The van der Waals surface area contributed by atoms with Crippen LogP contribution < -0.4 is 15.6 Å². The molecule has 194 valence electrons. The highest BCUT2D eigenvalue weighted by molar-refractivity contribution is 6.32. The van der Waals surface area contributed by atoms with Crippen molar-refractivity contribution < 1.29 is 18.5 Å². The van der Waals surface area contributed by atoms with Gasteiger partial charge in [0.1, 0.15) is 22.4 Å². The fourth-order valence-electron chi connectivity index (χ4n) is 3.57. The van der Waals surface area contributed by atoms with E-state index in [1.165, 1.54) is 30.5 Å². The summed E-state index contributed by atoms with van der Waals surface area (Å²) in [7, 11) is 0. The molecule has 5 rings (SSSR count). The lowest BCUT2D eigenvalue weighted by atomic mass is 10.1. The predicted octanol–water partition coefficient (Wildman–Crippen LogP) is 4.86. The number of morpholine rings is 1. The molecular weight excluding hydrogens is 519 g/mol. The molecule has 0 spiro atoms. The predicted molar refractivity (Wildman–Crippen MR) is 140 cm³/mol. The molecule has 0 amide bonds. The number of nitrogens with zero attached hydrogens (tertiary/aromatic N) is 6. The van der Waals surface area contributed by atoms with Crippen LogP contribution in [0, 0.1) is 15.9 Å². The molecule has 0 atom stereocenters. The van der Waals surface area contributed by atoms with Gasteiger partial charge in [0.2, 0.25) is 17.8 Å². The van der Waals surface area contributed by atoms with Crippen LogP contribution in [0.5, 0.6) is 0 Å². The summed E-state index contributed by atoms with van der Waals surface area (Å²) in [6.45, 7) is 2.32. The van der Waals surface area contributed by atoms with Crippen molar-refractivity contribution in [3.05, 3.63) is 81.3 Å². The van der Waals surface area contributed by atoms with E-state index in [1.807, 2.05) is 4.90 Å². The first-order valence-corrected chi connectivity index (χ1v) is 11.8. The van der Waals surface area contributed by atoms with Gasteiger partial charge in [0, 0.05) is 30.4 Å². The van der Waals surface area contributed by atoms with Crippen molar-refractivity contribution >= 4 is 47.0 Å². The Kier molecular flexibility index (Phi) is 7.38. The van der Waals surface area contributed by atoms with Gasteiger partial charge in [0.25, 0.3) is 5.69 Å². The van der Waals surface area contributed by atoms with E-state index in [-0.39, 0.29) is 28.4 Å². The van der Waals surface area contributed by atoms with E-state index < -0.39 is 4.92 Å². The van der Waals surface area contributed by atoms with E-state index in [9.17, 15) is 14.5 Å². The molecule has 3 heterocycles. The molecule has 14 heteroatoms. The van der Waals surface area contributed by atoms with Gasteiger partial charge in [-0.15, -0.1) is 0 Å². The molecule has 1 fully saturated rings. The smallest absolute Gasteiger partial charge is 0.288 e. The lowest BCUT2D eigenvalue weighted by Crippen LogP contribution is -2.37. The van der Waals surface area contributed by atoms with Crippen LogP contribution in [0.4, 0.5) is 33.6 Å². The van der Waals surface area contributed by atoms with E-state index >= 15 is 0 Å². The number of aromatic nitrogens is 3. The van der Waals surface area contributed by atoms with E-state index in [1.54, 1.807) is 30.3 Å².